The van der Waals surface area contributed by atoms with Gasteiger partial charge in [-0.05, 0) is 12.5 Å². The Labute approximate surface area is 140 Å². The molecule has 0 fully saturated rings. The van der Waals surface area contributed by atoms with E-state index < -0.39 is 70.4 Å². The minimum absolute atomic E-state index is 0.463. The van der Waals surface area contributed by atoms with E-state index in [1.165, 1.54) is 0 Å². The minimum atomic E-state index is -5.14. The summed E-state index contributed by atoms with van der Waals surface area (Å²) in [6.45, 7) is -0.956. The Morgan fingerprint density at radius 1 is 1.20 bits per heavy atom. The molecule has 0 aromatic rings. The highest BCUT2D eigenvalue weighted by molar-refractivity contribution is 7.51. The zero-order valence-corrected chi connectivity index (χ0v) is 14.2. The SMILES string of the molecule is O=C(O)CN(CP(=O)(O)O)[C@@H]1CC(C(=O)O)=C[C@@H](OP(=O)(O)O)[C@H]1O. The zero-order chi connectivity index (χ0) is 19.6. The second-order valence-electron chi connectivity index (χ2n) is 5.27. The molecule has 1 rings (SSSR count). The number of hydrogen-bond acceptors (Lipinski definition) is 7. The molecule has 0 saturated heterocycles. The largest absolute Gasteiger partial charge is 0.480 e. The number of aliphatic carboxylic acids is 2. The third-order valence-electron chi connectivity index (χ3n) is 3.23. The third-order valence-corrected chi connectivity index (χ3v) is 4.48. The van der Waals surface area contributed by atoms with Gasteiger partial charge in [0, 0.05) is 11.6 Å². The van der Waals surface area contributed by atoms with Crippen molar-refractivity contribution in [3.63, 3.8) is 0 Å². The van der Waals surface area contributed by atoms with Gasteiger partial charge in [-0.15, -0.1) is 0 Å². The molecule has 0 unspecified atom stereocenters. The van der Waals surface area contributed by atoms with Gasteiger partial charge in [0.15, 0.2) is 0 Å². The van der Waals surface area contributed by atoms with Crippen molar-refractivity contribution in [2.24, 2.45) is 0 Å². The summed E-state index contributed by atoms with van der Waals surface area (Å²) in [5.41, 5.74) is -0.463. The van der Waals surface area contributed by atoms with E-state index in [1.54, 1.807) is 0 Å². The van der Waals surface area contributed by atoms with Gasteiger partial charge in [0.1, 0.15) is 18.5 Å². The van der Waals surface area contributed by atoms with Crippen LogP contribution in [0.4, 0.5) is 0 Å². The number of hydrogen-bond donors (Lipinski definition) is 7. The molecule has 0 bridgehead atoms. The number of carboxylic acid groups (broad SMARTS) is 2. The van der Waals surface area contributed by atoms with Gasteiger partial charge in [0.25, 0.3) is 0 Å². The summed E-state index contributed by atoms with van der Waals surface area (Å²) in [6, 6.07) is -1.48. The molecule has 0 spiro atoms. The van der Waals surface area contributed by atoms with Crippen LogP contribution < -0.4 is 0 Å². The van der Waals surface area contributed by atoms with E-state index in [0.29, 0.717) is 4.90 Å². The first-order valence-electron chi connectivity index (χ1n) is 6.56. The van der Waals surface area contributed by atoms with Crippen LogP contribution in [0.25, 0.3) is 0 Å². The fourth-order valence-corrected chi connectivity index (χ4v) is 3.65. The smallest absolute Gasteiger partial charge is 0.470 e. The van der Waals surface area contributed by atoms with Crippen LogP contribution in [0.15, 0.2) is 11.6 Å². The maximum atomic E-state index is 11.2. The predicted octanol–water partition coefficient (Wildman–Crippen LogP) is -1.87. The van der Waals surface area contributed by atoms with E-state index in [4.69, 9.17) is 29.8 Å². The molecule has 1 aliphatic rings. The molecule has 0 heterocycles. The lowest BCUT2D eigenvalue weighted by atomic mass is 9.89. The topological polar surface area (TPSA) is 222 Å². The summed E-state index contributed by atoms with van der Waals surface area (Å²) in [6.07, 6.45) is -4.55. The molecule has 3 atom stereocenters. The molecule has 13 nitrogen and oxygen atoms in total. The van der Waals surface area contributed by atoms with Gasteiger partial charge < -0.3 is 34.9 Å². The molecule has 0 radical (unpaired) electrons. The Morgan fingerprint density at radius 3 is 2.16 bits per heavy atom. The lowest BCUT2D eigenvalue weighted by molar-refractivity contribution is -0.139. The average Bonchev–Trinajstić information content (AvgIpc) is 2.36. The van der Waals surface area contributed by atoms with Gasteiger partial charge in [0.2, 0.25) is 0 Å². The number of aliphatic hydroxyl groups excluding tert-OH is 1. The highest BCUT2D eigenvalue weighted by Gasteiger charge is 2.42. The maximum absolute atomic E-state index is 11.2. The zero-order valence-electron chi connectivity index (χ0n) is 12.4. The van der Waals surface area contributed by atoms with E-state index in [-0.39, 0.29) is 0 Å². The molecule has 15 heteroatoms. The van der Waals surface area contributed by atoms with Crippen molar-refractivity contribution in [3.05, 3.63) is 11.6 Å². The van der Waals surface area contributed by atoms with Crippen molar-refractivity contribution in [2.45, 2.75) is 24.7 Å². The van der Waals surface area contributed by atoms with Crippen LogP contribution in [0, 0.1) is 0 Å². The highest BCUT2D eigenvalue weighted by Crippen LogP contribution is 2.42. The summed E-state index contributed by atoms with van der Waals surface area (Å²) in [4.78, 5) is 58.5. The standard InChI is InChI=1S/C10H17NO12P2/c12-8(13)3-11(4-24(17,18)19)6-1-5(10(15)16)2-7(9(6)14)23-25(20,21)22/h2,6-7,9,14H,1,3-4H2,(H,12,13)(H,15,16)(H2,17,18,19)(H2,20,21,22)/t6-,7-,9+/m1/s1. The Morgan fingerprint density at radius 2 is 1.76 bits per heavy atom. The molecule has 0 saturated carbocycles. The summed E-state index contributed by atoms with van der Waals surface area (Å²) in [5.74, 6) is -3.04. The van der Waals surface area contributed by atoms with Crippen molar-refractivity contribution >= 4 is 27.4 Å². The van der Waals surface area contributed by atoms with Gasteiger partial charge in [-0.2, -0.15) is 0 Å². The van der Waals surface area contributed by atoms with Gasteiger partial charge in [-0.3, -0.25) is 18.8 Å². The number of carboxylic acids is 2. The number of nitrogens with zero attached hydrogens (tertiary/aromatic N) is 1. The van der Waals surface area contributed by atoms with E-state index in [0.717, 1.165) is 6.08 Å². The Balaban J connectivity index is 3.23. The average molecular weight is 405 g/mol. The van der Waals surface area contributed by atoms with Crippen LogP contribution in [0.3, 0.4) is 0 Å². The lowest BCUT2D eigenvalue weighted by Gasteiger charge is -2.39. The van der Waals surface area contributed by atoms with Gasteiger partial charge >= 0.3 is 27.4 Å². The van der Waals surface area contributed by atoms with Crippen LogP contribution >= 0.6 is 15.4 Å². The summed E-state index contributed by atoms with van der Waals surface area (Å²) in [5, 5.41) is 28.1. The van der Waals surface area contributed by atoms with Crippen molar-refractivity contribution in [1.82, 2.24) is 4.90 Å². The Kier molecular flexibility index (Phi) is 7.04. The summed E-state index contributed by atoms with van der Waals surface area (Å²) >= 11 is 0. The first-order chi connectivity index (χ1) is 11.2. The number of carbonyl (C=O) groups is 2. The molecule has 1 aliphatic carbocycles. The Hall–Kier alpha value is -1.14. The van der Waals surface area contributed by atoms with Crippen molar-refractivity contribution < 1.29 is 58.1 Å². The van der Waals surface area contributed by atoms with Crippen LogP contribution in [0.2, 0.25) is 0 Å². The summed E-state index contributed by atoms with van der Waals surface area (Å²) in [7, 11) is -9.92. The first-order valence-corrected chi connectivity index (χ1v) is 9.89. The molecule has 0 amide bonds. The van der Waals surface area contributed by atoms with Crippen LogP contribution in [0.5, 0.6) is 0 Å². The third kappa shape index (κ3) is 7.32. The molecular formula is C10H17NO12P2. The van der Waals surface area contributed by atoms with E-state index in [9.17, 15) is 23.8 Å². The second kappa shape index (κ2) is 8.04. The fourth-order valence-electron chi connectivity index (χ4n) is 2.37. The number of aliphatic hydroxyl groups is 1. The minimum Gasteiger partial charge on any atom is -0.480 e. The molecular weight excluding hydrogens is 388 g/mol. The number of phosphoric acid groups is 1. The predicted molar refractivity (Wildman–Crippen MR) is 78.3 cm³/mol. The van der Waals surface area contributed by atoms with Crippen LogP contribution in [-0.2, 0) is 23.2 Å². The maximum Gasteiger partial charge on any atom is 0.470 e. The number of rotatable bonds is 8. The number of phosphoric ester groups is 1. The van der Waals surface area contributed by atoms with Crippen LogP contribution in [0.1, 0.15) is 6.42 Å². The fraction of sp³-hybridized carbons (Fsp3) is 0.600. The van der Waals surface area contributed by atoms with Crippen molar-refractivity contribution in [3.8, 4) is 0 Å². The van der Waals surface area contributed by atoms with Crippen LogP contribution in [-0.4, -0.2) is 82.8 Å². The molecule has 0 aromatic heterocycles. The molecule has 0 aromatic carbocycles. The molecule has 0 aliphatic heterocycles. The second-order valence-corrected chi connectivity index (χ2v) is 8.07. The molecule has 144 valence electrons. The van der Waals surface area contributed by atoms with Gasteiger partial charge in [0.05, 0.1) is 6.54 Å². The highest BCUT2D eigenvalue weighted by atomic mass is 31.2. The normalized spacial score (nSPS) is 24.9. The van der Waals surface area contributed by atoms with Crippen molar-refractivity contribution in [1.29, 1.82) is 0 Å². The summed E-state index contributed by atoms with van der Waals surface area (Å²) < 4.78 is 26.4. The van der Waals surface area contributed by atoms with Crippen molar-refractivity contribution in [2.75, 3.05) is 12.8 Å². The molecule has 25 heavy (non-hydrogen) atoms. The first kappa shape index (κ1) is 21.9. The van der Waals surface area contributed by atoms with E-state index in [2.05, 4.69) is 4.52 Å². The molecule has 7 N–H and O–H groups in total. The van der Waals surface area contributed by atoms with Gasteiger partial charge in [-0.25, -0.2) is 9.36 Å². The van der Waals surface area contributed by atoms with E-state index >= 15 is 0 Å². The van der Waals surface area contributed by atoms with Gasteiger partial charge in [-0.1, -0.05) is 0 Å². The quantitative estimate of drug-likeness (QED) is 0.220. The van der Waals surface area contributed by atoms with E-state index in [1.807, 2.05) is 0 Å². The lowest BCUT2D eigenvalue weighted by Crippen LogP contribution is -2.53. The Bertz CT molecular complexity index is 650. The monoisotopic (exact) mass is 405 g/mol.